The molecule has 0 aliphatic carbocycles. The molecule has 0 spiro atoms. The van der Waals surface area contributed by atoms with Crippen molar-refractivity contribution in [3.8, 4) is 5.75 Å². The largest absolute Gasteiger partial charge is 0.497 e. The Morgan fingerprint density at radius 3 is 2.57 bits per heavy atom. The van der Waals surface area contributed by atoms with Crippen molar-refractivity contribution in [2.75, 3.05) is 7.11 Å². The molecule has 0 aliphatic rings. The summed E-state index contributed by atoms with van der Waals surface area (Å²) >= 11 is 0. The Kier molecular flexibility index (Phi) is 3.43. The highest BCUT2D eigenvalue weighted by Gasteiger charge is 2.21. The van der Waals surface area contributed by atoms with Crippen LogP contribution < -0.4 is 4.74 Å². The smallest absolute Gasteiger partial charge is 0.134 e. The minimum Gasteiger partial charge on any atom is -0.497 e. The third kappa shape index (κ3) is 2.30. The number of hydrogen-bond donors (Lipinski definition) is 1. The van der Waals surface area contributed by atoms with Crippen LogP contribution >= 0.6 is 0 Å². The van der Waals surface area contributed by atoms with E-state index < -0.39 is 6.10 Å². The van der Waals surface area contributed by atoms with Gasteiger partial charge in [-0.3, -0.25) is 0 Å². The normalized spacial score (nSPS) is 12.6. The second kappa shape index (κ2) is 5.26. The van der Waals surface area contributed by atoms with E-state index in [2.05, 4.69) is 0 Å². The van der Waals surface area contributed by atoms with Gasteiger partial charge in [-0.2, -0.15) is 0 Å². The number of benzene rings is 2. The van der Waals surface area contributed by atoms with E-state index in [0.717, 1.165) is 39.2 Å². The molecule has 108 valence electrons. The highest BCUT2D eigenvalue weighted by atomic mass is 16.5. The van der Waals surface area contributed by atoms with Crippen molar-refractivity contribution in [3.63, 3.8) is 0 Å². The van der Waals surface area contributed by atoms with E-state index in [1.807, 2.05) is 56.3 Å². The first kappa shape index (κ1) is 13.7. The number of fused-ring (bicyclic) bond motifs is 1. The Hall–Kier alpha value is -2.26. The second-order valence-corrected chi connectivity index (χ2v) is 5.19. The maximum Gasteiger partial charge on any atom is 0.134 e. The summed E-state index contributed by atoms with van der Waals surface area (Å²) in [5.41, 5.74) is 3.49. The van der Waals surface area contributed by atoms with E-state index in [1.54, 1.807) is 7.11 Å². The maximum atomic E-state index is 10.8. The zero-order valence-electron chi connectivity index (χ0n) is 12.4. The van der Waals surface area contributed by atoms with Crippen LogP contribution in [-0.4, -0.2) is 12.2 Å². The number of furan rings is 1. The molecule has 0 saturated heterocycles. The lowest BCUT2D eigenvalue weighted by Crippen LogP contribution is -2.03. The summed E-state index contributed by atoms with van der Waals surface area (Å²) < 4.78 is 11.0. The quantitative estimate of drug-likeness (QED) is 0.785. The highest BCUT2D eigenvalue weighted by Crippen LogP contribution is 2.35. The van der Waals surface area contributed by atoms with Crippen molar-refractivity contribution < 1.29 is 14.3 Å². The van der Waals surface area contributed by atoms with Crippen LogP contribution in [0.25, 0.3) is 11.0 Å². The minimum atomic E-state index is -0.709. The van der Waals surface area contributed by atoms with Crippen molar-refractivity contribution in [2.45, 2.75) is 20.0 Å². The molecule has 2 aromatic carbocycles. The van der Waals surface area contributed by atoms with Crippen molar-refractivity contribution in [3.05, 3.63) is 64.9 Å². The fourth-order valence-electron chi connectivity index (χ4n) is 2.77. The van der Waals surface area contributed by atoms with Crippen molar-refractivity contribution >= 4 is 11.0 Å². The molecule has 3 heteroatoms. The molecule has 1 N–H and O–H groups in total. The number of hydrogen-bond acceptors (Lipinski definition) is 3. The molecule has 1 unspecified atom stereocenters. The number of aliphatic hydroxyl groups excluding tert-OH is 1. The van der Waals surface area contributed by atoms with Gasteiger partial charge in [0.05, 0.1) is 7.11 Å². The molecule has 0 amide bonds. The van der Waals surface area contributed by atoms with Gasteiger partial charge in [-0.05, 0) is 43.2 Å². The van der Waals surface area contributed by atoms with Crippen LogP contribution in [0.3, 0.4) is 0 Å². The van der Waals surface area contributed by atoms with Crippen LogP contribution in [0.15, 0.2) is 46.9 Å². The molecule has 21 heavy (non-hydrogen) atoms. The SMILES string of the molecule is COc1ccc(C(O)c2c(C)oc3ccccc23)c(C)c1. The van der Waals surface area contributed by atoms with Gasteiger partial charge in [0.2, 0.25) is 0 Å². The lowest BCUT2D eigenvalue weighted by Gasteiger charge is -2.15. The Labute approximate surface area is 123 Å². The molecule has 1 atom stereocenters. The Balaban J connectivity index is 2.12. The summed E-state index contributed by atoms with van der Waals surface area (Å²) in [4.78, 5) is 0. The van der Waals surface area contributed by atoms with Crippen molar-refractivity contribution in [1.82, 2.24) is 0 Å². The zero-order valence-corrected chi connectivity index (χ0v) is 12.4. The van der Waals surface area contributed by atoms with Gasteiger partial charge in [0.15, 0.2) is 0 Å². The number of aryl methyl sites for hydroxylation is 2. The number of ether oxygens (including phenoxy) is 1. The number of methoxy groups -OCH3 is 1. The molecule has 0 fully saturated rings. The second-order valence-electron chi connectivity index (χ2n) is 5.19. The van der Waals surface area contributed by atoms with Gasteiger partial charge in [-0.25, -0.2) is 0 Å². The lowest BCUT2D eigenvalue weighted by atomic mass is 9.95. The van der Waals surface area contributed by atoms with Gasteiger partial charge < -0.3 is 14.3 Å². The Bertz CT molecular complexity index is 786. The van der Waals surface area contributed by atoms with E-state index in [1.165, 1.54) is 0 Å². The first-order valence-electron chi connectivity index (χ1n) is 6.92. The summed E-state index contributed by atoms with van der Waals surface area (Å²) in [5.74, 6) is 1.54. The van der Waals surface area contributed by atoms with E-state index in [4.69, 9.17) is 9.15 Å². The molecule has 0 bridgehead atoms. The van der Waals surface area contributed by atoms with Crippen LogP contribution in [0.5, 0.6) is 5.75 Å². The minimum absolute atomic E-state index is 0.709. The van der Waals surface area contributed by atoms with Gasteiger partial charge in [0.25, 0.3) is 0 Å². The summed E-state index contributed by atoms with van der Waals surface area (Å²) in [6, 6.07) is 13.5. The van der Waals surface area contributed by atoms with E-state index in [9.17, 15) is 5.11 Å². The van der Waals surface area contributed by atoms with Crippen molar-refractivity contribution in [2.24, 2.45) is 0 Å². The highest BCUT2D eigenvalue weighted by molar-refractivity contribution is 5.83. The average Bonchev–Trinajstić information content (AvgIpc) is 2.82. The maximum absolute atomic E-state index is 10.8. The van der Waals surface area contributed by atoms with Crippen LogP contribution in [0, 0.1) is 13.8 Å². The summed E-state index contributed by atoms with van der Waals surface area (Å²) in [6.45, 7) is 3.86. The molecule has 0 saturated carbocycles. The molecule has 1 aromatic heterocycles. The topological polar surface area (TPSA) is 42.6 Å². The fourth-order valence-corrected chi connectivity index (χ4v) is 2.77. The van der Waals surface area contributed by atoms with E-state index >= 15 is 0 Å². The standard InChI is InChI=1S/C18H18O3/c1-11-10-13(20-3)8-9-14(11)18(19)17-12(2)21-16-7-5-4-6-15(16)17/h4-10,18-19H,1-3H3. The van der Waals surface area contributed by atoms with Crippen molar-refractivity contribution in [1.29, 1.82) is 0 Å². The molecule has 1 heterocycles. The molecular formula is C18H18O3. The lowest BCUT2D eigenvalue weighted by molar-refractivity contribution is 0.218. The van der Waals surface area contributed by atoms with E-state index in [-0.39, 0.29) is 0 Å². The molecule has 3 nitrogen and oxygen atoms in total. The zero-order chi connectivity index (χ0) is 15.0. The molecule has 3 aromatic rings. The molecular weight excluding hydrogens is 264 g/mol. The first-order chi connectivity index (χ1) is 10.1. The third-order valence-corrected chi connectivity index (χ3v) is 3.86. The van der Waals surface area contributed by atoms with Gasteiger partial charge in [-0.15, -0.1) is 0 Å². The Morgan fingerprint density at radius 2 is 1.86 bits per heavy atom. The summed E-state index contributed by atoms with van der Waals surface area (Å²) in [7, 11) is 1.64. The Morgan fingerprint density at radius 1 is 1.10 bits per heavy atom. The number of aliphatic hydroxyl groups is 1. The van der Waals surface area contributed by atoms with Crippen LogP contribution in [-0.2, 0) is 0 Å². The first-order valence-corrected chi connectivity index (χ1v) is 6.92. The number of rotatable bonds is 3. The van der Waals surface area contributed by atoms with Gasteiger partial charge in [0.1, 0.15) is 23.2 Å². The van der Waals surface area contributed by atoms with Crippen LogP contribution in [0.1, 0.15) is 28.6 Å². The summed E-state index contributed by atoms with van der Waals surface area (Å²) in [6.07, 6.45) is -0.709. The average molecular weight is 282 g/mol. The van der Waals surface area contributed by atoms with Gasteiger partial charge in [-0.1, -0.05) is 24.3 Å². The molecule has 0 aliphatic heterocycles. The van der Waals surface area contributed by atoms with Crippen LogP contribution in [0.4, 0.5) is 0 Å². The monoisotopic (exact) mass is 282 g/mol. The van der Waals surface area contributed by atoms with Gasteiger partial charge in [0, 0.05) is 10.9 Å². The predicted octanol–water partition coefficient (Wildman–Crippen LogP) is 4.14. The summed E-state index contributed by atoms with van der Waals surface area (Å²) in [5, 5.41) is 11.8. The predicted molar refractivity (Wildman–Crippen MR) is 82.7 cm³/mol. The molecule has 3 rings (SSSR count). The van der Waals surface area contributed by atoms with Gasteiger partial charge >= 0.3 is 0 Å². The fraction of sp³-hybridized carbons (Fsp3) is 0.222. The molecule has 0 radical (unpaired) electrons. The van der Waals surface area contributed by atoms with Crippen LogP contribution in [0.2, 0.25) is 0 Å². The third-order valence-electron chi connectivity index (χ3n) is 3.86. The van der Waals surface area contributed by atoms with E-state index in [0.29, 0.717) is 0 Å². The number of para-hydroxylation sites is 1.